The summed E-state index contributed by atoms with van der Waals surface area (Å²) in [5.41, 5.74) is 4.91. The zero-order chi connectivity index (χ0) is 19.0. The van der Waals surface area contributed by atoms with Gasteiger partial charge >= 0.3 is 6.09 Å². The van der Waals surface area contributed by atoms with Crippen molar-refractivity contribution < 1.29 is 14.6 Å². The number of pyridine rings is 1. The molecular weight excluding hydrogens is 342 g/mol. The van der Waals surface area contributed by atoms with E-state index >= 15 is 0 Å². The van der Waals surface area contributed by atoms with E-state index in [1.807, 2.05) is 66.1 Å². The van der Waals surface area contributed by atoms with Gasteiger partial charge in [-0.15, -0.1) is 0 Å². The third kappa shape index (κ3) is 2.90. The number of aryl methyl sites for hydroxylation is 1. The number of carbonyl (C=O) groups is 1. The highest BCUT2D eigenvalue weighted by Gasteiger charge is 2.16. The molecule has 2 aromatic carbocycles. The van der Waals surface area contributed by atoms with Crippen LogP contribution >= 0.6 is 0 Å². The number of methoxy groups -OCH3 is 1. The highest BCUT2D eigenvalue weighted by atomic mass is 16.5. The summed E-state index contributed by atoms with van der Waals surface area (Å²) in [5.74, 6) is 0. The number of aromatic nitrogens is 2. The summed E-state index contributed by atoms with van der Waals surface area (Å²) in [6.45, 7) is 1.90. The molecule has 0 radical (unpaired) electrons. The van der Waals surface area contributed by atoms with Gasteiger partial charge in [-0.3, -0.25) is 5.32 Å². The van der Waals surface area contributed by atoms with Crippen molar-refractivity contribution in [3.63, 3.8) is 0 Å². The van der Waals surface area contributed by atoms with Crippen molar-refractivity contribution in [2.75, 3.05) is 12.4 Å². The lowest BCUT2D eigenvalue weighted by Gasteiger charge is -2.07. The fourth-order valence-electron chi connectivity index (χ4n) is 3.32. The number of hydrogen-bond acceptors (Lipinski definition) is 4. The summed E-state index contributed by atoms with van der Waals surface area (Å²) in [6, 6.07) is 15.5. The van der Waals surface area contributed by atoms with E-state index in [4.69, 9.17) is 4.98 Å². The minimum Gasteiger partial charge on any atom is -0.453 e. The Morgan fingerprint density at radius 1 is 1.22 bits per heavy atom. The molecule has 2 aromatic heterocycles. The lowest BCUT2D eigenvalue weighted by Crippen LogP contribution is -2.10. The molecule has 27 heavy (non-hydrogen) atoms. The van der Waals surface area contributed by atoms with E-state index < -0.39 is 6.09 Å². The number of nitrogens with one attached hydrogen (secondary N) is 1. The van der Waals surface area contributed by atoms with Crippen molar-refractivity contribution in [3.8, 4) is 11.3 Å². The summed E-state index contributed by atoms with van der Waals surface area (Å²) < 4.78 is 6.56. The topological polar surface area (TPSA) is 75.9 Å². The first-order chi connectivity index (χ1) is 13.1. The summed E-state index contributed by atoms with van der Waals surface area (Å²) in [6.07, 6.45) is 1.38. The Morgan fingerprint density at radius 3 is 2.78 bits per heavy atom. The van der Waals surface area contributed by atoms with Crippen LogP contribution in [0.1, 0.15) is 11.3 Å². The third-order valence-corrected chi connectivity index (χ3v) is 4.69. The van der Waals surface area contributed by atoms with Gasteiger partial charge in [-0.2, -0.15) is 0 Å². The van der Waals surface area contributed by atoms with Crippen LogP contribution in [0, 0.1) is 6.92 Å². The molecule has 136 valence electrons. The fraction of sp³-hybridized carbons (Fsp3) is 0.143. The number of hydrogen-bond donors (Lipinski definition) is 2. The van der Waals surface area contributed by atoms with Crippen LogP contribution in [0.25, 0.3) is 27.7 Å². The minimum absolute atomic E-state index is 0.129. The highest BCUT2D eigenvalue weighted by Crippen LogP contribution is 2.31. The number of aliphatic hydroxyl groups is 1. The molecule has 0 aliphatic carbocycles. The summed E-state index contributed by atoms with van der Waals surface area (Å²) in [4.78, 5) is 16.4. The molecular formula is C21H19N3O3. The number of rotatable bonds is 3. The van der Waals surface area contributed by atoms with E-state index in [9.17, 15) is 9.90 Å². The maximum atomic E-state index is 11.5. The summed E-state index contributed by atoms with van der Waals surface area (Å²) >= 11 is 0. The van der Waals surface area contributed by atoms with Crippen molar-refractivity contribution in [3.05, 3.63) is 66.0 Å². The van der Waals surface area contributed by atoms with E-state index in [2.05, 4.69) is 10.1 Å². The second-order valence-electron chi connectivity index (χ2n) is 6.31. The van der Waals surface area contributed by atoms with Gasteiger partial charge in [0.1, 0.15) is 5.65 Å². The van der Waals surface area contributed by atoms with Crippen LogP contribution < -0.4 is 5.32 Å². The summed E-state index contributed by atoms with van der Waals surface area (Å²) in [5, 5.41) is 14.5. The molecule has 0 spiro atoms. The van der Waals surface area contributed by atoms with Crippen molar-refractivity contribution >= 4 is 28.2 Å². The molecule has 4 aromatic rings. The third-order valence-electron chi connectivity index (χ3n) is 4.69. The normalized spacial score (nSPS) is 11.1. The average molecular weight is 361 g/mol. The van der Waals surface area contributed by atoms with Gasteiger partial charge in [0.15, 0.2) is 0 Å². The Labute approximate surface area is 156 Å². The van der Waals surface area contributed by atoms with Gasteiger partial charge in [0.05, 0.1) is 25.1 Å². The number of imidazole rings is 1. The Balaban J connectivity index is 1.97. The Kier molecular flexibility index (Phi) is 4.25. The van der Waals surface area contributed by atoms with E-state index in [0.717, 1.165) is 38.9 Å². The molecule has 4 rings (SSSR count). The van der Waals surface area contributed by atoms with Gasteiger partial charge in [-0.25, -0.2) is 9.78 Å². The van der Waals surface area contributed by atoms with Crippen molar-refractivity contribution in [2.24, 2.45) is 0 Å². The molecule has 0 bridgehead atoms. The van der Waals surface area contributed by atoms with Gasteiger partial charge in [0.25, 0.3) is 0 Å². The van der Waals surface area contributed by atoms with Crippen LogP contribution in [-0.4, -0.2) is 27.7 Å². The lowest BCUT2D eigenvalue weighted by molar-refractivity contribution is 0.187. The number of amides is 1. The summed E-state index contributed by atoms with van der Waals surface area (Å²) in [7, 11) is 1.32. The first-order valence-corrected chi connectivity index (χ1v) is 8.58. The van der Waals surface area contributed by atoms with Gasteiger partial charge in [0, 0.05) is 22.8 Å². The van der Waals surface area contributed by atoms with E-state index in [1.54, 1.807) is 0 Å². The highest BCUT2D eigenvalue weighted by molar-refractivity contribution is 5.99. The van der Waals surface area contributed by atoms with E-state index in [0.29, 0.717) is 5.69 Å². The Hall–Kier alpha value is -3.38. The van der Waals surface area contributed by atoms with Crippen molar-refractivity contribution in [1.29, 1.82) is 0 Å². The molecule has 0 aliphatic heterocycles. The van der Waals surface area contributed by atoms with E-state index in [-0.39, 0.29) is 6.61 Å². The monoisotopic (exact) mass is 361 g/mol. The zero-order valence-electron chi connectivity index (χ0n) is 15.1. The predicted octanol–water partition coefficient (Wildman–Crippen LogP) is 4.13. The predicted molar refractivity (Wildman–Crippen MR) is 105 cm³/mol. The average Bonchev–Trinajstić information content (AvgIpc) is 3.07. The van der Waals surface area contributed by atoms with Crippen LogP contribution in [0.15, 0.2) is 54.7 Å². The quantitative estimate of drug-likeness (QED) is 0.575. The number of carbonyl (C=O) groups excluding carboxylic acids is 1. The molecule has 0 fully saturated rings. The van der Waals surface area contributed by atoms with Gasteiger partial charge < -0.3 is 14.2 Å². The van der Waals surface area contributed by atoms with Crippen LogP contribution in [-0.2, 0) is 11.3 Å². The SMILES string of the molecule is COC(=O)Nc1ccc2ccn3c(CO)c(-c4ccccc4C)nc3c2c1. The van der Waals surface area contributed by atoms with Crippen molar-refractivity contribution in [2.45, 2.75) is 13.5 Å². The maximum absolute atomic E-state index is 11.5. The number of aliphatic hydroxyl groups excluding tert-OH is 1. The van der Waals surface area contributed by atoms with Crippen LogP contribution in [0.3, 0.4) is 0 Å². The van der Waals surface area contributed by atoms with Gasteiger partial charge in [-0.05, 0) is 36.1 Å². The minimum atomic E-state index is -0.527. The fourth-order valence-corrected chi connectivity index (χ4v) is 3.32. The lowest BCUT2D eigenvalue weighted by atomic mass is 10.0. The molecule has 0 unspecified atom stereocenters. The molecule has 1 amide bonds. The van der Waals surface area contributed by atoms with Gasteiger partial charge in [-0.1, -0.05) is 30.3 Å². The molecule has 2 heterocycles. The standard InChI is InChI=1S/C21H19N3O3/c1-13-5-3-4-6-16(13)19-18(12-25)24-10-9-14-7-8-15(22-21(26)27-2)11-17(14)20(24)23-19/h3-11,25H,12H2,1-2H3,(H,22,26). The molecule has 6 nitrogen and oxygen atoms in total. The second-order valence-corrected chi connectivity index (χ2v) is 6.31. The van der Waals surface area contributed by atoms with Crippen molar-refractivity contribution in [1.82, 2.24) is 9.38 Å². The molecule has 0 saturated heterocycles. The smallest absolute Gasteiger partial charge is 0.411 e. The Morgan fingerprint density at radius 2 is 2.04 bits per heavy atom. The zero-order valence-corrected chi connectivity index (χ0v) is 15.1. The second kappa shape index (κ2) is 6.74. The van der Waals surface area contributed by atoms with E-state index in [1.165, 1.54) is 7.11 Å². The number of ether oxygens (including phenoxy) is 1. The van der Waals surface area contributed by atoms with Crippen LogP contribution in [0.5, 0.6) is 0 Å². The molecule has 0 atom stereocenters. The first kappa shape index (κ1) is 17.1. The maximum Gasteiger partial charge on any atom is 0.411 e. The largest absolute Gasteiger partial charge is 0.453 e. The van der Waals surface area contributed by atoms with Crippen LogP contribution in [0.4, 0.5) is 10.5 Å². The first-order valence-electron chi connectivity index (χ1n) is 8.58. The van der Waals surface area contributed by atoms with Crippen LogP contribution in [0.2, 0.25) is 0 Å². The number of nitrogens with zero attached hydrogens (tertiary/aromatic N) is 2. The molecule has 0 saturated carbocycles. The number of benzene rings is 2. The molecule has 0 aliphatic rings. The number of fused-ring (bicyclic) bond motifs is 3. The molecule has 6 heteroatoms. The number of anilines is 1. The Bertz CT molecular complexity index is 1160. The molecule has 2 N–H and O–H groups in total. The van der Waals surface area contributed by atoms with Gasteiger partial charge in [0.2, 0.25) is 0 Å².